The zero-order valence-electron chi connectivity index (χ0n) is 15.5. The fraction of sp³-hybridized carbons (Fsp3) is 0.556. The molecule has 2 atom stereocenters. The highest BCUT2D eigenvalue weighted by molar-refractivity contribution is 8.01. The van der Waals surface area contributed by atoms with Gasteiger partial charge in [0.1, 0.15) is 17.5 Å². The minimum atomic E-state index is 0.371. The quantitative estimate of drug-likeness (QED) is 0.530. The van der Waals surface area contributed by atoms with Crippen molar-refractivity contribution in [3.8, 4) is 11.5 Å². The maximum Gasteiger partial charge on any atom is 0.185 e. The lowest BCUT2D eigenvalue weighted by molar-refractivity contribution is -0.941. The van der Waals surface area contributed by atoms with E-state index in [0.29, 0.717) is 6.04 Å². The molecule has 5 nitrogen and oxygen atoms in total. The van der Waals surface area contributed by atoms with Gasteiger partial charge in [0.05, 0.1) is 26.3 Å². The molecule has 1 aromatic carbocycles. The van der Waals surface area contributed by atoms with Gasteiger partial charge in [0.15, 0.2) is 15.0 Å². The predicted molar refractivity (Wildman–Crippen MR) is 109 cm³/mol. The van der Waals surface area contributed by atoms with Crippen molar-refractivity contribution in [3.63, 3.8) is 0 Å². The highest BCUT2D eigenvalue weighted by Crippen LogP contribution is 2.32. The molecule has 1 aromatic heterocycles. The second-order valence-corrected chi connectivity index (χ2v) is 9.32. The van der Waals surface area contributed by atoms with Crippen molar-refractivity contribution in [2.45, 2.75) is 43.2 Å². The van der Waals surface area contributed by atoms with Crippen LogP contribution in [0.5, 0.6) is 11.5 Å². The number of nitrogens with one attached hydrogen (secondary N) is 1. The number of likely N-dealkylation sites (tertiary alicyclic amines) is 1. The van der Waals surface area contributed by atoms with Crippen LogP contribution in [0.1, 0.15) is 37.8 Å². The first-order valence-electron chi connectivity index (χ1n) is 8.93. The van der Waals surface area contributed by atoms with E-state index in [9.17, 15) is 0 Å². The van der Waals surface area contributed by atoms with Crippen LogP contribution in [0.25, 0.3) is 0 Å². The van der Waals surface area contributed by atoms with Crippen molar-refractivity contribution >= 4 is 35.3 Å². The van der Waals surface area contributed by atoms with Crippen LogP contribution >= 0.6 is 35.3 Å². The normalized spacial score (nSPS) is 19.7. The van der Waals surface area contributed by atoms with Crippen LogP contribution in [-0.4, -0.2) is 36.3 Å². The summed E-state index contributed by atoms with van der Waals surface area (Å²) in [5, 5.41) is 4.73. The Bertz CT molecular complexity index is 790. The van der Waals surface area contributed by atoms with Gasteiger partial charge in [-0.2, -0.15) is 4.68 Å². The van der Waals surface area contributed by atoms with Crippen LogP contribution < -0.4 is 14.4 Å². The molecular formula is C18H26N3O2S3+. The summed E-state index contributed by atoms with van der Waals surface area (Å²) in [7, 11) is 3.43. The largest absolute Gasteiger partial charge is 0.497 e. The average molecular weight is 413 g/mol. The fourth-order valence-electron chi connectivity index (χ4n) is 3.42. The smallest absolute Gasteiger partial charge is 0.185 e. The summed E-state index contributed by atoms with van der Waals surface area (Å²) in [4.78, 5) is 1.48. The van der Waals surface area contributed by atoms with Gasteiger partial charge < -0.3 is 14.4 Å². The Morgan fingerprint density at radius 2 is 2.23 bits per heavy atom. The Morgan fingerprint density at radius 3 is 2.96 bits per heavy atom. The van der Waals surface area contributed by atoms with Crippen molar-refractivity contribution in [1.29, 1.82) is 0 Å². The summed E-state index contributed by atoms with van der Waals surface area (Å²) in [6.07, 6.45) is 3.47. The Labute approximate surface area is 168 Å². The number of hydrogen-bond donors (Lipinski definition) is 1. The molecule has 1 unspecified atom stereocenters. The van der Waals surface area contributed by atoms with Crippen LogP contribution in [0.2, 0.25) is 0 Å². The van der Waals surface area contributed by atoms with E-state index in [4.69, 9.17) is 26.8 Å². The van der Waals surface area contributed by atoms with Gasteiger partial charge in [0, 0.05) is 18.6 Å². The molecule has 0 aliphatic carbocycles. The molecule has 2 aromatic rings. The third-order valence-corrected chi connectivity index (χ3v) is 7.31. The monoisotopic (exact) mass is 412 g/mol. The molecule has 1 aliphatic heterocycles. The summed E-state index contributed by atoms with van der Waals surface area (Å²) in [6.45, 7) is 4.10. The predicted octanol–water partition coefficient (Wildman–Crippen LogP) is 3.57. The lowest BCUT2D eigenvalue weighted by atomic mass is 10.0. The van der Waals surface area contributed by atoms with Gasteiger partial charge in [0.25, 0.3) is 0 Å². The zero-order chi connectivity index (χ0) is 18.5. The molecule has 3 rings (SSSR count). The fourth-order valence-corrected chi connectivity index (χ4v) is 5.67. The Morgan fingerprint density at radius 1 is 1.38 bits per heavy atom. The van der Waals surface area contributed by atoms with Gasteiger partial charge in [-0.25, -0.2) is 0 Å². The van der Waals surface area contributed by atoms with Crippen molar-refractivity contribution in [2.24, 2.45) is 0 Å². The second kappa shape index (κ2) is 9.21. The van der Waals surface area contributed by atoms with Crippen LogP contribution in [0.3, 0.4) is 0 Å². The lowest BCUT2D eigenvalue weighted by Crippen LogP contribution is -3.09. The number of ether oxygens (including phenoxy) is 2. The third kappa shape index (κ3) is 4.42. The summed E-state index contributed by atoms with van der Waals surface area (Å²) in [5.41, 5.74) is 1.21. The molecule has 142 valence electrons. The van der Waals surface area contributed by atoms with Crippen molar-refractivity contribution < 1.29 is 14.4 Å². The summed E-state index contributed by atoms with van der Waals surface area (Å²) in [5.74, 6) is 2.88. The maximum atomic E-state index is 5.61. The molecule has 26 heavy (non-hydrogen) atoms. The van der Waals surface area contributed by atoms with Gasteiger partial charge in [0.2, 0.25) is 0 Å². The highest BCUT2D eigenvalue weighted by Gasteiger charge is 2.33. The number of thioether (sulfide) groups is 1. The number of nitrogens with zero attached hydrogens (tertiary/aromatic N) is 2. The first-order chi connectivity index (χ1) is 12.7. The third-order valence-electron chi connectivity index (χ3n) is 4.67. The van der Waals surface area contributed by atoms with E-state index in [1.807, 2.05) is 16.8 Å². The zero-order valence-corrected chi connectivity index (χ0v) is 17.9. The van der Waals surface area contributed by atoms with E-state index in [1.54, 1.807) is 37.3 Å². The lowest BCUT2D eigenvalue weighted by Gasteiger charge is -2.23. The molecule has 0 bridgehead atoms. The average Bonchev–Trinajstić information content (AvgIpc) is 3.26. The van der Waals surface area contributed by atoms with Gasteiger partial charge in [-0.15, -0.1) is 5.10 Å². The maximum absolute atomic E-state index is 5.61. The molecule has 0 radical (unpaired) electrons. The Hall–Kier alpha value is -1.09. The number of hydrogen-bond acceptors (Lipinski definition) is 6. The summed E-state index contributed by atoms with van der Waals surface area (Å²) < 4.78 is 15.0. The molecule has 0 spiro atoms. The van der Waals surface area contributed by atoms with Crippen molar-refractivity contribution in [1.82, 2.24) is 9.78 Å². The molecule has 0 amide bonds. The summed E-state index contributed by atoms with van der Waals surface area (Å²) >= 11 is 8.96. The second-order valence-electron chi connectivity index (χ2n) is 6.35. The van der Waals surface area contributed by atoms with Gasteiger partial charge in [-0.3, -0.25) is 0 Å². The van der Waals surface area contributed by atoms with Gasteiger partial charge in [-0.1, -0.05) is 30.0 Å². The number of quaternary nitrogens is 1. The molecule has 1 fully saturated rings. The highest BCUT2D eigenvalue weighted by atomic mass is 32.2. The number of rotatable bonds is 8. The van der Waals surface area contributed by atoms with Gasteiger partial charge in [-0.05, 0) is 36.8 Å². The van der Waals surface area contributed by atoms with Crippen molar-refractivity contribution in [3.05, 3.63) is 27.7 Å². The van der Waals surface area contributed by atoms with E-state index in [-0.39, 0.29) is 0 Å². The Kier molecular flexibility index (Phi) is 6.97. The Balaban J connectivity index is 1.81. The van der Waals surface area contributed by atoms with E-state index >= 15 is 0 Å². The molecule has 0 saturated carbocycles. The number of aromatic nitrogens is 2. The SMILES string of the molecule is CCCSc1nn(C[NH+]2CCC[C@H]2c2cc(OC)ccc2OC)c(=S)s1. The van der Waals surface area contributed by atoms with E-state index in [0.717, 1.165) is 51.6 Å². The van der Waals surface area contributed by atoms with Crippen molar-refractivity contribution in [2.75, 3.05) is 26.5 Å². The number of benzene rings is 1. The molecular weight excluding hydrogens is 386 g/mol. The van der Waals surface area contributed by atoms with Crippen LogP contribution in [-0.2, 0) is 6.67 Å². The van der Waals surface area contributed by atoms with Crippen LogP contribution in [0.15, 0.2) is 22.5 Å². The standard InChI is InChI=1S/C18H25N3O2S3/c1-4-10-25-17-19-21(18(24)26-17)12-20-9-5-6-15(20)14-11-13(22-2)7-8-16(14)23-3/h7-8,11,15H,4-6,9-10,12H2,1-3H3/p+1/t15-/m0/s1. The topological polar surface area (TPSA) is 40.7 Å². The van der Waals surface area contributed by atoms with E-state index in [2.05, 4.69) is 13.0 Å². The summed E-state index contributed by atoms with van der Waals surface area (Å²) in [6, 6.07) is 6.43. The molecule has 2 heterocycles. The first-order valence-corrected chi connectivity index (χ1v) is 11.1. The van der Waals surface area contributed by atoms with Crippen LogP contribution in [0.4, 0.5) is 0 Å². The van der Waals surface area contributed by atoms with E-state index in [1.165, 1.54) is 16.9 Å². The van der Waals surface area contributed by atoms with Crippen LogP contribution in [0, 0.1) is 3.95 Å². The molecule has 8 heteroatoms. The molecule has 1 N–H and O–H groups in total. The van der Waals surface area contributed by atoms with E-state index < -0.39 is 0 Å². The minimum Gasteiger partial charge on any atom is -0.497 e. The minimum absolute atomic E-state index is 0.371. The number of methoxy groups -OCH3 is 2. The van der Waals surface area contributed by atoms with Gasteiger partial charge >= 0.3 is 0 Å². The molecule has 1 aliphatic rings. The first kappa shape index (κ1) is 19.7. The molecule has 1 saturated heterocycles.